The Morgan fingerprint density at radius 1 is 1.41 bits per heavy atom. The van der Waals surface area contributed by atoms with Gasteiger partial charge in [-0.05, 0) is 19.8 Å². The van der Waals surface area contributed by atoms with E-state index >= 15 is 0 Å². The summed E-state index contributed by atoms with van der Waals surface area (Å²) in [7, 11) is 1.46. The summed E-state index contributed by atoms with van der Waals surface area (Å²) in [5.41, 5.74) is 4.95. The van der Waals surface area contributed by atoms with E-state index in [0.717, 1.165) is 0 Å². The number of carbonyl (C=O) groups is 3. The van der Waals surface area contributed by atoms with Gasteiger partial charge in [-0.25, -0.2) is 4.79 Å². The van der Waals surface area contributed by atoms with Crippen molar-refractivity contribution in [2.75, 3.05) is 13.6 Å². The molecule has 0 aliphatic rings. The minimum absolute atomic E-state index is 0.0807. The molecule has 0 aromatic rings. The van der Waals surface area contributed by atoms with E-state index in [4.69, 9.17) is 10.8 Å². The first kappa shape index (κ1) is 15.2. The fraction of sp³-hybridized carbons (Fsp3) is 0.700. The highest BCUT2D eigenvalue weighted by Gasteiger charge is 2.13. The van der Waals surface area contributed by atoms with Crippen LogP contribution in [-0.2, 0) is 9.59 Å². The monoisotopic (exact) mass is 245 g/mol. The van der Waals surface area contributed by atoms with Gasteiger partial charge in [0.05, 0.1) is 0 Å². The molecule has 1 unspecified atom stereocenters. The highest BCUT2D eigenvalue weighted by atomic mass is 16.4. The molecule has 0 aliphatic heterocycles. The molecule has 17 heavy (non-hydrogen) atoms. The van der Waals surface area contributed by atoms with Crippen molar-refractivity contribution < 1.29 is 19.5 Å². The first-order valence-corrected chi connectivity index (χ1v) is 5.34. The number of carbonyl (C=O) groups excluding carboxylic acids is 2. The van der Waals surface area contributed by atoms with Crippen LogP contribution in [0.4, 0.5) is 4.79 Å². The normalized spacial score (nSPS) is 11.6. The van der Waals surface area contributed by atoms with Crippen LogP contribution in [0.5, 0.6) is 0 Å². The Bertz CT molecular complexity index is 293. The van der Waals surface area contributed by atoms with E-state index in [1.54, 1.807) is 6.92 Å². The fourth-order valence-electron chi connectivity index (χ4n) is 1.26. The third kappa shape index (κ3) is 8.06. The number of urea groups is 1. The second-order valence-electron chi connectivity index (χ2n) is 3.96. The van der Waals surface area contributed by atoms with Crippen molar-refractivity contribution in [3.05, 3.63) is 0 Å². The van der Waals surface area contributed by atoms with Gasteiger partial charge in [0, 0.05) is 19.5 Å². The Morgan fingerprint density at radius 2 is 2.00 bits per heavy atom. The molecule has 3 amide bonds. The minimum atomic E-state index is -0.852. The van der Waals surface area contributed by atoms with Gasteiger partial charge in [-0.15, -0.1) is 0 Å². The number of hydrogen-bond donors (Lipinski definition) is 3. The van der Waals surface area contributed by atoms with Gasteiger partial charge in [0.25, 0.3) is 0 Å². The average Bonchev–Trinajstić information content (AvgIpc) is 2.15. The molecule has 0 spiro atoms. The third-order valence-corrected chi connectivity index (χ3v) is 2.14. The lowest BCUT2D eigenvalue weighted by Crippen LogP contribution is -2.45. The Labute approximate surface area is 100.0 Å². The molecule has 7 heteroatoms. The number of likely N-dealkylation sites (N-methyl/N-ethyl adjacent to an activating group) is 1. The summed E-state index contributed by atoms with van der Waals surface area (Å²) < 4.78 is 0. The van der Waals surface area contributed by atoms with Gasteiger partial charge < -0.3 is 21.1 Å². The van der Waals surface area contributed by atoms with Gasteiger partial charge in [0.15, 0.2) is 0 Å². The number of nitrogens with two attached hydrogens (primary N) is 1. The van der Waals surface area contributed by atoms with Crippen molar-refractivity contribution >= 4 is 17.9 Å². The predicted molar refractivity (Wildman–Crippen MR) is 61.3 cm³/mol. The van der Waals surface area contributed by atoms with Crippen LogP contribution in [0, 0.1) is 0 Å². The number of amides is 3. The largest absolute Gasteiger partial charge is 0.481 e. The zero-order valence-electron chi connectivity index (χ0n) is 10.1. The number of carboxylic acids is 1. The van der Waals surface area contributed by atoms with Crippen LogP contribution in [-0.4, -0.2) is 47.5 Å². The first-order valence-electron chi connectivity index (χ1n) is 5.34. The van der Waals surface area contributed by atoms with E-state index in [1.807, 2.05) is 0 Å². The molecule has 0 aromatic carbocycles. The van der Waals surface area contributed by atoms with Crippen LogP contribution in [0.3, 0.4) is 0 Å². The molecular formula is C10H19N3O4. The van der Waals surface area contributed by atoms with Gasteiger partial charge in [0.1, 0.15) is 6.54 Å². The van der Waals surface area contributed by atoms with Crippen LogP contribution in [0.2, 0.25) is 0 Å². The number of nitrogens with zero attached hydrogens (tertiary/aromatic N) is 1. The van der Waals surface area contributed by atoms with Crippen LogP contribution in [0.1, 0.15) is 26.2 Å². The summed E-state index contributed by atoms with van der Waals surface area (Å²) in [5, 5.41) is 11.1. The van der Waals surface area contributed by atoms with Crippen molar-refractivity contribution in [2.45, 2.75) is 32.2 Å². The molecule has 0 saturated carbocycles. The Morgan fingerprint density at radius 3 is 2.47 bits per heavy atom. The van der Waals surface area contributed by atoms with Crippen LogP contribution >= 0.6 is 0 Å². The molecule has 0 fully saturated rings. The SMILES string of the molecule is CC(CCCC(=O)O)NC(=O)N(C)CC(N)=O. The Balaban J connectivity index is 3.86. The van der Waals surface area contributed by atoms with Crippen molar-refractivity contribution in [3.8, 4) is 0 Å². The van der Waals surface area contributed by atoms with Gasteiger partial charge in [0.2, 0.25) is 5.91 Å². The highest BCUT2D eigenvalue weighted by molar-refractivity contribution is 5.82. The van der Waals surface area contributed by atoms with Crippen molar-refractivity contribution in [1.29, 1.82) is 0 Å². The van der Waals surface area contributed by atoms with Gasteiger partial charge >= 0.3 is 12.0 Å². The molecular weight excluding hydrogens is 226 g/mol. The molecule has 98 valence electrons. The zero-order chi connectivity index (χ0) is 13.4. The van der Waals surface area contributed by atoms with Gasteiger partial charge in [-0.1, -0.05) is 0 Å². The molecule has 0 saturated heterocycles. The lowest BCUT2D eigenvalue weighted by Gasteiger charge is -2.19. The maximum Gasteiger partial charge on any atom is 0.317 e. The number of nitrogens with one attached hydrogen (secondary N) is 1. The lowest BCUT2D eigenvalue weighted by atomic mass is 10.1. The van der Waals surface area contributed by atoms with Crippen LogP contribution < -0.4 is 11.1 Å². The molecule has 7 nitrogen and oxygen atoms in total. The van der Waals surface area contributed by atoms with Crippen LogP contribution in [0.15, 0.2) is 0 Å². The topological polar surface area (TPSA) is 113 Å². The lowest BCUT2D eigenvalue weighted by molar-refractivity contribution is -0.137. The van der Waals surface area contributed by atoms with E-state index in [-0.39, 0.29) is 19.0 Å². The highest BCUT2D eigenvalue weighted by Crippen LogP contribution is 2.01. The number of aliphatic carboxylic acids is 1. The maximum absolute atomic E-state index is 11.5. The van der Waals surface area contributed by atoms with E-state index in [0.29, 0.717) is 12.8 Å². The summed E-state index contributed by atoms with van der Waals surface area (Å²) in [6, 6.07) is -0.538. The van der Waals surface area contributed by atoms with E-state index in [9.17, 15) is 14.4 Å². The number of hydrogen-bond acceptors (Lipinski definition) is 3. The van der Waals surface area contributed by atoms with Crippen molar-refractivity contribution in [2.24, 2.45) is 5.73 Å². The second-order valence-corrected chi connectivity index (χ2v) is 3.96. The molecule has 0 aromatic heterocycles. The molecule has 0 radical (unpaired) electrons. The van der Waals surface area contributed by atoms with Gasteiger partial charge in [-0.3, -0.25) is 9.59 Å². The summed E-state index contributed by atoms with van der Waals surface area (Å²) in [6.07, 6.45) is 1.15. The average molecular weight is 245 g/mol. The molecule has 0 bridgehead atoms. The smallest absolute Gasteiger partial charge is 0.317 e. The molecule has 0 aliphatic carbocycles. The second kappa shape index (κ2) is 7.48. The summed E-state index contributed by atoms with van der Waals surface area (Å²) in [4.78, 5) is 33.5. The number of carboxylic acid groups (broad SMARTS) is 1. The Hall–Kier alpha value is -1.79. The molecule has 1 atom stereocenters. The first-order chi connectivity index (χ1) is 7.82. The molecule has 0 rings (SSSR count). The van der Waals surface area contributed by atoms with Crippen molar-refractivity contribution in [1.82, 2.24) is 10.2 Å². The fourth-order valence-corrected chi connectivity index (χ4v) is 1.26. The maximum atomic E-state index is 11.5. The zero-order valence-corrected chi connectivity index (χ0v) is 10.1. The standard InChI is InChI=1S/C10H19N3O4/c1-7(4-3-5-9(15)16)12-10(17)13(2)6-8(11)14/h7H,3-6H2,1-2H3,(H2,11,14)(H,12,17)(H,15,16). The minimum Gasteiger partial charge on any atom is -0.481 e. The Kier molecular flexibility index (Phi) is 6.69. The molecule has 0 heterocycles. The molecule has 4 N–H and O–H groups in total. The number of rotatable bonds is 7. The van der Waals surface area contributed by atoms with E-state index < -0.39 is 17.9 Å². The summed E-state index contributed by atoms with van der Waals surface area (Å²) >= 11 is 0. The van der Waals surface area contributed by atoms with E-state index in [2.05, 4.69) is 5.32 Å². The van der Waals surface area contributed by atoms with Gasteiger partial charge in [-0.2, -0.15) is 0 Å². The summed E-state index contributed by atoms with van der Waals surface area (Å²) in [5.74, 6) is -1.43. The quantitative estimate of drug-likeness (QED) is 0.574. The number of primary amides is 1. The van der Waals surface area contributed by atoms with Crippen molar-refractivity contribution in [3.63, 3.8) is 0 Å². The van der Waals surface area contributed by atoms with E-state index in [1.165, 1.54) is 11.9 Å². The third-order valence-electron chi connectivity index (χ3n) is 2.14. The predicted octanol–water partition coefficient (Wildman–Crippen LogP) is -0.243. The van der Waals surface area contributed by atoms with Crippen LogP contribution in [0.25, 0.3) is 0 Å². The summed E-state index contributed by atoms with van der Waals surface area (Å²) in [6.45, 7) is 1.63.